The minimum atomic E-state index is -0.153. The zero-order chi connectivity index (χ0) is 16.7. The highest BCUT2D eigenvalue weighted by molar-refractivity contribution is 5.88. The Hall–Kier alpha value is -1.10. The molecule has 4 bridgehead atoms. The summed E-state index contributed by atoms with van der Waals surface area (Å²) in [5.41, 5.74) is -0.153. The number of piperidine rings is 1. The molecule has 5 fully saturated rings. The molecule has 24 heavy (non-hydrogen) atoms. The maximum absolute atomic E-state index is 12.8. The number of carbonyl (C=O) groups excluding carboxylic acids is 2. The molecule has 0 aromatic rings. The number of nitrogens with zero attached hydrogens (tertiary/aromatic N) is 1. The van der Waals surface area contributed by atoms with Crippen molar-refractivity contribution in [1.29, 1.82) is 0 Å². The van der Waals surface area contributed by atoms with Crippen LogP contribution in [0.3, 0.4) is 0 Å². The van der Waals surface area contributed by atoms with E-state index in [1.165, 1.54) is 19.3 Å². The summed E-state index contributed by atoms with van der Waals surface area (Å²) in [4.78, 5) is 27.3. The van der Waals surface area contributed by atoms with Crippen LogP contribution in [0, 0.1) is 23.2 Å². The van der Waals surface area contributed by atoms with Crippen LogP contribution in [0.1, 0.15) is 51.4 Å². The van der Waals surface area contributed by atoms with Crippen molar-refractivity contribution in [2.75, 3.05) is 26.7 Å². The van der Waals surface area contributed by atoms with Crippen molar-refractivity contribution in [2.24, 2.45) is 23.2 Å². The number of hydrogen-bond acceptors (Lipinski definition) is 3. The third-order valence-electron chi connectivity index (χ3n) is 6.92. The van der Waals surface area contributed by atoms with Crippen LogP contribution >= 0.6 is 0 Å². The molecule has 134 valence electrons. The average molecular weight is 333 g/mol. The van der Waals surface area contributed by atoms with Gasteiger partial charge in [-0.15, -0.1) is 0 Å². The van der Waals surface area contributed by atoms with Gasteiger partial charge in [-0.2, -0.15) is 0 Å². The van der Waals surface area contributed by atoms with Gasteiger partial charge in [-0.25, -0.2) is 0 Å². The number of hydrogen-bond donors (Lipinski definition) is 2. The predicted molar refractivity (Wildman–Crippen MR) is 92.3 cm³/mol. The van der Waals surface area contributed by atoms with Crippen LogP contribution in [0.4, 0.5) is 0 Å². The van der Waals surface area contributed by atoms with Crippen molar-refractivity contribution in [3.63, 3.8) is 0 Å². The van der Waals surface area contributed by atoms with E-state index < -0.39 is 0 Å². The topological polar surface area (TPSA) is 61.4 Å². The summed E-state index contributed by atoms with van der Waals surface area (Å²) >= 11 is 0. The van der Waals surface area contributed by atoms with E-state index in [4.69, 9.17) is 0 Å². The lowest BCUT2D eigenvalue weighted by Crippen LogP contribution is -2.55. The number of likely N-dealkylation sites (N-methyl/N-ethyl adjacent to an activating group) is 1. The molecular weight excluding hydrogens is 302 g/mol. The number of amides is 2. The van der Waals surface area contributed by atoms with Gasteiger partial charge in [-0.3, -0.25) is 9.59 Å². The Kier molecular flexibility index (Phi) is 4.31. The zero-order valence-corrected chi connectivity index (χ0v) is 14.9. The highest BCUT2D eigenvalue weighted by Crippen LogP contribution is 2.60. The van der Waals surface area contributed by atoms with Gasteiger partial charge >= 0.3 is 0 Å². The lowest BCUT2D eigenvalue weighted by molar-refractivity contribution is -0.147. The van der Waals surface area contributed by atoms with E-state index in [1.807, 2.05) is 0 Å². The van der Waals surface area contributed by atoms with Gasteiger partial charge in [0.15, 0.2) is 0 Å². The van der Waals surface area contributed by atoms with E-state index in [9.17, 15) is 9.59 Å². The molecule has 5 aliphatic rings. The molecule has 1 saturated heterocycles. The first-order chi connectivity index (χ1) is 11.5. The van der Waals surface area contributed by atoms with Gasteiger partial charge in [0.05, 0.1) is 6.54 Å². The zero-order valence-electron chi connectivity index (χ0n) is 14.9. The van der Waals surface area contributed by atoms with Gasteiger partial charge in [0.2, 0.25) is 11.8 Å². The van der Waals surface area contributed by atoms with Crippen molar-refractivity contribution in [3.05, 3.63) is 0 Å². The first-order valence-corrected chi connectivity index (χ1v) is 9.79. The third kappa shape index (κ3) is 3.19. The molecule has 5 rings (SSSR count). The van der Waals surface area contributed by atoms with Gasteiger partial charge in [0.25, 0.3) is 0 Å². The predicted octanol–water partition coefficient (Wildman–Crippen LogP) is 1.53. The van der Waals surface area contributed by atoms with Gasteiger partial charge in [0, 0.05) is 18.0 Å². The Bertz CT molecular complexity index is 483. The molecule has 0 spiro atoms. The van der Waals surface area contributed by atoms with Gasteiger partial charge in [-0.05, 0) is 82.7 Å². The molecule has 2 N–H and O–H groups in total. The second-order valence-corrected chi connectivity index (χ2v) is 9.05. The molecule has 1 heterocycles. The fraction of sp³-hybridized carbons (Fsp3) is 0.895. The smallest absolute Gasteiger partial charge is 0.239 e. The molecule has 2 amide bonds. The Labute approximate surface area is 144 Å². The lowest BCUT2D eigenvalue weighted by atomic mass is 9.49. The first kappa shape index (κ1) is 16.4. The molecule has 0 radical (unpaired) electrons. The number of carbonyl (C=O) groups is 2. The molecule has 5 nitrogen and oxygen atoms in total. The van der Waals surface area contributed by atoms with Crippen molar-refractivity contribution in [3.8, 4) is 0 Å². The molecule has 5 heteroatoms. The Morgan fingerprint density at radius 1 is 1.08 bits per heavy atom. The van der Waals surface area contributed by atoms with Crippen LogP contribution in [0.25, 0.3) is 0 Å². The van der Waals surface area contributed by atoms with Crippen LogP contribution in [0.5, 0.6) is 0 Å². The fourth-order valence-electron chi connectivity index (χ4n) is 6.30. The Morgan fingerprint density at radius 3 is 2.29 bits per heavy atom. The first-order valence-electron chi connectivity index (χ1n) is 9.79. The van der Waals surface area contributed by atoms with E-state index in [1.54, 1.807) is 0 Å². The summed E-state index contributed by atoms with van der Waals surface area (Å²) in [6.45, 7) is 2.16. The van der Waals surface area contributed by atoms with Crippen LogP contribution in [0.2, 0.25) is 0 Å². The highest BCUT2D eigenvalue weighted by Gasteiger charge is 2.54. The summed E-state index contributed by atoms with van der Waals surface area (Å²) in [6, 6.07) is 0.229. The van der Waals surface area contributed by atoms with E-state index in [-0.39, 0.29) is 29.8 Å². The van der Waals surface area contributed by atoms with Crippen molar-refractivity contribution >= 4 is 11.8 Å². The Morgan fingerprint density at radius 2 is 1.71 bits per heavy atom. The summed E-state index contributed by atoms with van der Waals surface area (Å²) in [5.74, 6) is 2.39. The second-order valence-electron chi connectivity index (χ2n) is 9.05. The molecule has 0 aromatic carbocycles. The van der Waals surface area contributed by atoms with Crippen molar-refractivity contribution < 1.29 is 9.59 Å². The van der Waals surface area contributed by atoms with E-state index in [0.717, 1.165) is 62.9 Å². The Balaban J connectivity index is 1.28. The number of likely N-dealkylation sites (tertiary alicyclic amines) is 1. The summed E-state index contributed by atoms with van der Waals surface area (Å²) in [5, 5.41) is 6.06. The molecule has 1 atom stereocenters. The highest BCUT2D eigenvalue weighted by atomic mass is 16.2. The number of rotatable bonds is 4. The SMILES string of the molecule is CN1CCC[C@@H](NC(=O)CNC(=O)C23CC4CC(CC(C4)C2)C3)C1. The summed E-state index contributed by atoms with van der Waals surface area (Å²) in [6.07, 6.45) is 9.34. The third-order valence-corrected chi connectivity index (χ3v) is 6.92. The van der Waals surface area contributed by atoms with Crippen LogP contribution in [0.15, 0.2) is 0 Å². The van der Waals surface area contributed by atoms with Crippen molar-refractivity contribution in [1.82, 2.24) is 15.5 Å². The minimum absolute atomic E-state index is 0.0339. The lowest BCUT2D eigenvalue weighted by Gasteiger charge is -2.55. The van der Waals surface area contributed by atoms with Gasteiger partial charge in [0.1, 0.15) is 0 Å². The van der Waals surface area contributed by atoms with E-state index in [0.29, 0.717) is 0 Å². The van der Waals surface area contributed by atoms with Crippen LogP contribution in [-0.2, 0) is 9.59 Å². The second kappa shape index (κ2) is 6.32. The molecule has 1 aliphatic heterocycles. The standard InChI is InChI=1S/C19H31N3O2/c1-22-4-2-3-16(12-22)21-17(23)11-20-18(24)19-8-13-5-14(9-19)7-15(6-13)10-19/h13-16H,2-12H2,1H3,(H,20,24)(H,21,23)/t13?,14?,15?,16-,19?/m1/s1. The van der Waals surface area contributed by atoms with Crippen molar-refractivity contribution in [2.45, 2.75) is 57.4 Å². The monoisotopic (exact) mass is 333 g/mol. The number of nitrogens with one attached hydrogen (secondary N) is 2. The molecule has 4 saturated carbocycles. The molecule has 0 unspecified atom stereocenters. The van der Waals surface area contributed by atoms with Gasteiger partial charge < -0.3 is 15.5 Å². The fourth-order valence-corrected chi connectivity index (χ4v) is 6.30. The molecular formula is C19H31N3O2. The maximum Gasteiger partial charge on any atom is 0.239 e. The quantitative estimate of drug-likeness (QED) is 0.820. The summed E-state index contributed by atoms with van der Waals surface area (Å²) < 4.78 is 0. The summed E-state index contributed by atoms with van der Waals surface area (Å²) in [7, 11) is 2.09. The van der Waals surface area contributed by atoms with Gasteiger partial charge in [-0.1, -0.05) is 0 Å². The van der Waals surface area contributed by atoms with E-state index >= 15 is 0 Å². The normalized spacial score (nSPS) is 41.2. The molecule has 0 aromatic heterocycles. The average Bonchev–Trinajstić information content (AvgIpc) is 2.51. The minimum Gasteiger partial charge on any atom is -0.351 e. The van der Waals surface area contributed by atoms with E-state index in [2.05, 4.69) is 22.6 Å². The maximum atomic E-state index is 12.8. The van der Waals surface area contributed by atoms with Crippen LogP contribution < -0.4 is 10.6 Å². The largest absolute Gasteiger partial charge is 0.351 e. The van der Waals surface area contributed by atoms with Crippen LogP contribution in [-0.4, -0.2) is 49.4 Å². The molecule has 4 aliphatic carbocycles.